The third-order valence-corrected chi connectivity index (χ3v) is 6.40. The number of ether oxygens (including phenoxy) is 1. The largest absolute Gasteiger partial charge is 0.396 e. The maximum atomic E-state index is 13.5. The fourth-order valence-corrected chi connectivity index (χ4v) is 4.81. The summed E-state index contributed by atoms with van der Waals surface area (Å²) in [7, 11) is 0. The second-order valence-corrected chi connectivity index (χ2v) is 7.80. The van der Waals surface area contributed by atoms with Crippen molar-refractivity contribution in [3.8, 4) is 0 Å². The third-order valence-electron chi connectivity index (χ3n) is 6.40. The van der Waals surface area contributed by atoms with Crippen LogP contribution in [0, 0.1) is 23.0 Å². The smallest absolute Gasteiger partial charge is 0.160 e. The monoisotopic (exact) mass is 352 g/mol. The van der Waals surface area contributed by atoms with Crippen LogP contribution in [0.15, 0.2) is 18.2 Å². The number of halogens is 2. The Bertz CT molecular complexity index is 621. The summed E-state index contributed by atoms with van der Waals surface area (Å²) in [5, 5.41) is 9.93. The first-order valence-corrected chi connectivity index (χ1v) is 9.24. The molecule has 0 unspecified atom stereocenters. The third kappa shape index (κ3) is 3.15. The molecule has 3 saturated heterocycles. The number of piperidine rings is 1. The summed E-state index contributed by atoms with van der Waals surface area (Å²) in [4.78, 5) is 4.66. The van der Waals surface area contributed by atoms with Crippen LogP contribution >= 0.6 is 0 Å². The highest BCUT2D eigenvalue weighted by molar-refractivity contribution is 5.47. The number of fused-ring (bicyclic) bond motifs is 1. The summed E-state index contributed by atoms with van der Waals surface area (Å²) in [6.45, 7) is 5.30. The van der Waals surface area contributed by atoms with Gasteiger partial charge in [-0.05, 0) is 37.3 Å². The molecule has 3 heterocycles. The van der Waals surface area contributed by atoms with Gasteiger partial charge in [0.2, 0.25) is 0 Å². The van der Waals surface area contributed by atoms with Gasteiger partial charge in [0.1, 0.15) is 0 Å². The standard InChI is InChI=1S/C19H26F2N2O2/c20-17-2-1-16(9-18(17)21)22-6-3-15(4-7-22)23-10-14-5-8-25-13-19(14,11-23)12-24/h1-2,9,14-15,24H,3-8,10-13H2/t14-,19+/m0/s1. The zero-order chi connectivity index (χ0) is 17.4. The van der Waals surface area contributed by atoms with Crippen molar-refractivity contribution >= 4 is 5.69 Å². The maximum absolute atomic E-state index is 13.5. The van der Waals surface area contributed by atoms with E-state index in [4.69, 9.17) is 4.74 Å². The molecule has 4 nitrogen and oxygen atoms in total. The molecule has 4 rings (SSSR count). The molecule has 0 aromatic heterocycles. The summed E-state index contributed by atoms with van der Waals surface area (Å²) in [6, 6.07) is 4.64. The van der Waals surface area contributed by atoms with E-state index < -0.39 is 11.6 Å². The van der Waals surface area contributed by atoms with Gasteiger partial charge >= 0.3 is 0 Å². The van der Waals surface area contributed by atoms with E-state index in [9.17, 15) is 13.9 Å². The normalized spacial score (nSPS) is 31.3. The van der Waals surface area contributed by atoms with Gasteiger partial charge in [-0.2, -0.15) is 0 Å². The molecule has 3 aliphatic heterocycles. The van der Waals surface area contributed by atoms with Gasteiger partial charge in [0.25, 0.3) is 0 Å². The fourth-order valence-electron chi connectivity index (χ4n) is 4.81. The van der Waals surface area contributed by atoms with Crippen molar-refractivity contribution in [3.05, 3.63) is 29.8 Å². The Morgan fingerprint density at radius 1 is 1.16 bits per heavy atom. The highest BCUT2D eigenvalue weighted by atomic mass is 19.2. The van der Waals surface area contributed by atoms with E-state index in [0.29, 0.717) is 18.6 Å². The predicted molar refractivity (Wildman–Crippen MR) is 91.6 cm³/mol. The van der Waals surface area contributed by atoms with Crippen LogP contribution in [0.5, 0.6) is 0 Å². The molecule has 0 amide bonds. The molecule has 0 spiro atoms. The second-order valence-electron chi connectivity index (χ2n) is 7.80. The average Bonchev–Trinajstić information content (AvgIpc) is 3.04. The topological polar surface area (TPSA) is 35.9 Å². The van der Waals surface area contributed by atoms with Gasteiger partial charge in [-0.1, -0.05) is 0 Å². The van der Waals surface area contributed by atoms with Gasteiger partial charge < -0.3 is 14.7 Å². The van der Waals surface area contributed by atoms with Gasteiger partial charge in [0.15, 0.2) is 11.6 Å². The lowest BCUT2D eigenvalue weighted by Gasteiger charge is -2.39. The van der Waals surface area contributed by atoms with Crippen LogP contribution in [0.3, 0.4) is 0 Å². The van der Waals surface area contributed by atoms with Crippen LogP contribution in [0.4, 0.5) is 14.5 Å². The zero-order valence-electron chi connectivity index (χ0n) is 14.5. The molecular weight excluding hydrogens is 326 g/mol. The van der Waals surface area contributed by atoms with E-state index in [-0.39, 0.29) is 12.0 Å². The lowest BCUT2D eigenvalue weighted by Crippen LogP contribution is -2.46. The quantitative estimate of drug-likeness (QED) is 0.905. The first-order chi connectivity index (χ1) is 12.1. The Hall–Kier alpha value is -1.24. The van der Waals surface area contributed by atoms with Crippen LogP contribution in [-0.2, 0) is 4.74 Å². The van der Waals surface area contributed by atoms with E-state index in [1.165, 1.54) is 12.1 Å². The highest BCUT2D eigenvalue weighted by Crippen LogP contribution is 2.42. The minimum atomic E-state index is -0.796. The predicted octanol–water partition coefficient (Wildman–Crippen LogP) is 2.26. The molecule has 138 valence electrons. The number of nitrogens with zero attached hydrogens (tertiary/aromatic N) is 2. The lowest BCUT2D eigenvalue weighted by molar-refractivity contribution is -0.0566. The summed E-state index contributed by atoms with van der Waals surface area (Å²) < 4.78 is 32.2. The zero-order valence-corrected chi connectivity index (χ0v) is 14.5. The number of aliphatic hydroxyl groups excluding tert-OH is 1. The highest BCUT2D eigenvalue weighted by Gasteiger charge is 2.49. The van der Waals surface area contributed by atoms with Crippen molar-refractivity contribution in [2.45, 2.75) is 25.3 Å². The maximum Gasteiger partial charge on any atom is 0.160 e. The minimum absolute atomic E-state index is 0.0878. The molecular formula is C19H26F2N2O2. The van der Waals surface area contributed by atoms with Crippen LogP contribution in [0.2, 0.25) is 0 Å². The van der Waals surface area contributed by atoms with E-state index >= 15 is 0 Å². The molecule has 3 aliphatic rings. The van der Waals surface area contributed by atoms with Gasteiger partial charge in [-0.25, -0.2) is 8.78 Å². The number of hydrogen-bond acceptors (Lipinski definition) is 4. The summed E-state index contributed by atoms with van der Waals surface area (Å²) in [5.74, 6) is -1.06. The lowest BCUT2D eigenvalue weighted by atomic mass is 9.76. The van der Waals surface area contributed by atoms with E-state index in [1.54, 1.807) is 6.07 Å². The van der Waals surface area contributed by atoms with Crippen LogP contribution < -0.4 is 4.90 Å². The van der Waals surface area contributed by atoms with Crippen molar-refractivity contribution < 1.29 is 18.6 Å². The van der Waals surface area contributed by atoms with Crippen molar-refractivity contribution in [3.63, 3.8) is 0 Å². The summed E-state index contributed by atoms with van der Waals surface area (Å²) in [5.41, 5.74) is 0.669. The van der Waals surface area contributed by atoms with E-state index in [0.717, 1.165) is 57.7 Å². The summed E-state index contributed by atoms with van der Waals surface area (Å²) >= 11 is 0. The van der Waals surface area contributed by atoms with Crippen LogP contribution in [-0.4, -0.2) is 62.0 Å². The van der Waals surface area contributed by atoms with Crippen molar-refractivity contribution in [1.82, 2.24) is 4.90 Å². The summed E-state index contributed by atoms with van der Waals surface area (Å²) in [6.07, 6.45) is 3.05. The molecule has 0 saturated carbocycles. The van der Waals surface area contributed by atoms with E-state index in [2.05, 4.69) is 9.80 Å². The molecule has 0 bridgehead atoms. The molecule has 25 heavy (non-hydrogen) atoms. The Morgan fingerprint density at radius 3 is 2.64 bits per heavy atom. The number of benzene rings is 1. The van der Waals surface area contributed by atoms with Crippen molar-refractivity contribution in [1.29, 1.82) is 0 Å². The number of hydrogen-bond donors (Lipinski definition) is 1. The molecule has 2 atom stereocenters. The Balaban J connectivity index is 1.38. The molecule has 1 aromatic carbocycles. The number of aliphatic hydroxyl groups is 1. The molecule has 0 radical (unpaired) electrons. The first-order valence-electron chi connectivity index (χ1n) is 9.24. The number of rotatable bonds is 3. The molecule has 1 N–H and O–H groups in total. The fraction of sp³-hybridized carbons (Fsp3) is 0.684. The van der Waals surface area contributed by atoms with Crippen LogP contribution in [0.1, 0.15) is 19.3 Å². The Kier molecular flexibility index (Phi) is 4.69. The van der Waals surface area contributed by atoms with Gasteiger partial charge in [0, 0.05) is 56.0 Å². The SMILES string of the molecule is OC[C@]12COCC[C@H]1CN(C1CCN(c3ccc(F)c(F)c3)CC1)C2. The molecule has 0 aliphatic carbocycles. The van der Waals surface area contributed by atoms with Gasteiger partial charge in [-0.3, -0.25) is 4.90 Å². The molecule has 3 fully saturated rings. The minimum Gasteiger partial charge on any atom is -0.396 e. The van der Waals surface area contributed by atoms with Crippen molar-refractivity contribution in [2.75, 3.05) is 50.9 Å². The number of anilines is 1. The first kappa shape index (κ1) is 17.2. The number of likely N-dealkylation sites (tertiary alicyclic amines) is 1. The Labute approximate surface area is 147 Å². The molecule has 6 heteroatoms. The van der Waals surface area contributed by atoms with Gasteiger partial charge in [0.05, 0.1) is 13.2 Å². The van der Waals surface area contributed by atoms with Crippen LogP contribution in [0.25, 0.3) is 0 Å². The van der Waals surface area contributed by atoms with Crippen molar-refractivity contribution in [2.24, 2.45) is 11.3 Å². The Morgan fingerprint density at radius 2 is 1.96 bits per heavy atom. The second kappa shape index (κ2) is 6.82. The molecule has 1 aromatic rings. The van der Waals surface area contributed by atoms with E-state index in [1.807, 2.05) is 0 Å². The average molecular weight is 352 g/mol. The van der Waals surface area contributed by atoms with Gasteiger partial charge in [-0.15, -0.1) is 0 Å².